The van der Waals surface area contributed by atoms with Crippen LogP contribution in [0.1, 0.15) is 5.56 Å². The maximum Gasteiger partial charge on any atom is 0.326 e. The Bertz CT molecular complexity index is 802. The van der Waals surface area contributed by atoms with Gasteiger partial charge in [-0.15, -0.1) is 0 Å². The summed E-state index contributed by atoms with van der Waals surface area (Å²) in [7, 11) is 0. The Morgan fingerprint density at radius 1 is 1.05 bits per heavy atom. The summed E-state index contributed by atoms with van der Waals surface area (Å²) in [6, 6.07) is 11.5. The summed E-state index contributed by atoms with van der Waals surface area (Å²) in [5.74, 6) is 0.279. The summed E-state index contributed by atoms with van der Waals surface area (Å²) in [4.78, 5) is 14.6. The highest BCUT2D eigenvalue weighted by Crippen LogP contribution is 2.18. The van der Waals surface area contributed by atoms with E-state index in [1.165, 1.54) is 12.1 Å². The largest absolute Gasteiger partial charge is 0.508 e. The van der Waals surface area contributed by atoms with E-state index in [0.29, 0.717) is 17.6 Å². The molecule has 0 saturated heterocycles. The zero-order valence-corrected chi connectivity index (χ0v) is 10.00. The Morgan fingerprint density at radius 3 is 2.63 bits per heavy atom. The third kappa shape index (κ3) is 2.06. The Kier molecular flexibility index (Phi) is 2.52. The molecule has 0 amide bonds. The van der Waals surface area contributed by atoms with Crippen LogP contribution >= 0.6 is 0 Å². The third-order valence-electron chi connectivity index (χ3n) is 3.01. The Labute approximate surface area is 108 Å². The second kappa shape index (κ2) is 4.20. The molecule has 3 rings (SSSR count). The van der Waals surface area contributed by atoms with Crippen LogP contribution in [0.5, 0.6) is 11.5 Å². The lowest BCUT2D eigenvalue weighted by atomic mass is 10.2. The van der Waals surface area contributed by atoms with Crippen LogP contribution in [-0.4, -0.2) is 19.8 Å². The number of imidazole rings is 1. The van der Waals surface area contributed by atoms with Crippen molar-refractivity contribution in [3.05, 3.63) is 58.5 Å². The fourth-order valence-electron chi connectivity index (χ4n) is 2.15. The van der Waals surface area contributed by atoms with Gasteiger partial charge >= 0.3 is 5.69 Å². The number of fused-ring (bicyclic) bond motifs is 1. The van der Waals surface area contributed by atoms with Gasteiger partial charge in [-0.1, -0.05) is 12.1 Å². The minimum atomic E-state index is -0.246. The molecule has 96 valence electrons. The molecule has 1 aromatic heterocycles. The van der Waals surface area contributed by atoms with E-state index in [0.717, 1.165) is 5.56 Å². The molecule has 0 spiro atoms. The van der Waals surface area contributed by atoms with Gasteiger partial charge in [-0.3, -0.25) is 4.57 Å². The highest BCUT2D eigenvalue weighted by Gasteiger charge is 2.08. The van der Waals surface area contributed by atoms with Crippen LogP contribution in [0.15, 0.2) is 47.3 Å². The Morgan fingerprint density at radius 2 is 1.84 bits per heavy atom. The number of aromatic nitrogens is 2. The molecule has 0 aliphatic heterocycles. The van der Waals surface area contributed by atoms with Crippen LogP contribution in [0.25, 0.3) is 11.0 Å². The van der Waals surface area contributed by atoms with E-state index >= 15 is 0 Å². The van der Waals surface area contributed by atoms with Crippen LogP contribution in [0.3, 0.4) is 0 Å². The lowest BCUT2D eigenvalue weighted by Gasteiger charge is -2.04. The first-order valence-corrected chi connectivity index (χ1v) is 5.83. The van der Waals surface area contributed by atoms with Gasteiger partial charge in [-0.25, -0.2) is 4.79 Å². The first-order valence-electron chi connectivity index (χ1n) is 5.83. The maximum absolute atomic E-state index is 11.9. The number of phenols is 2. The quantitative estimate of drug-likeness (QED) is 0.654. The first-order chi connectivity index (χ1) is 9.13. The fourth-order valence-corrected chi connectivity index (χ4v) is 2.15. The molecule has 3 N–H and O–H groups in total. The van der Waals surface area contributed by atoms with Crippen LogP contribution in [0, 0.1) is 0 Å². The van der Waals surface area contributed by atoms with E-state index in [1.807, 2.05) is 6.07 Å². The van der Waals surface area contributed by atoms with Crippen LogP contribution in [-0.2, 0) is 6.54 Å². The zero-order chi connectivity index (χ0) is 13.4. The number of nitrogens with zero attached hydrogens (tertiary/aromatic N) is 1. The van der Waals surface area contributed by atoms with E-state index in [1.54, 1.807) is 28.8 Å². The number of aromatic hydroxyl groups is 2. The van der Waals surface area contributed by atoms with Crippen LogP contribution in [0.2, 0.25) is 0 Å². The molecule has 5 heteroatoms. The first kappa shape index (κ1) is 11.4. The van der Waals surface area contributed by atoms with Gasteiger partial charge in [0.2, 0.25) is 0 Å². The van der Waals surface area contributed by atoms with E-state index in [9.17, 15) is 15.0 Å². The van der Waals surface area contributed by atoms with Gasteiger partial charge in [0.15, 0.2) is 0 Å². The van der Waals surface area contributed by atoms with Gasteiger partial charge in [-0.2, -0.15) is 0 Å². The monoisotopic (exact) mass is 256 g/mol. The van der Waals surface area contributed by atoms with E-state index in [4.69, 9.17) is 0 Å². The summed E-state index contributed by atoms with van der Waals surface area (Å²) in [5, 5.41) is 18.8. The number of H-pyrrole nitrogens is 1. The normalized spacial score (nSPS) is 10.9. The van der Waals surface area contributed by atoms with Crippen molar-refractivity contribution < 1.29 is 10.2 Å². The molecule has 5 nitrogen and oxygen atoms in total. The molecule has 0 fully saturated rings. The average molecular weight is 256 g/mol. The van der Waals surface area contributed by atoms with Gasteiger partial charge < -0.3 is 15.2 Å². The summed E-state index contributed by atoms with van der Waals surface area (Å²) in [5.41, 5.74) is 1.89. The standard InChI is InChI=1S/C14H12N2O3/c17-10-3-1-2-9(6-10)8-16-13-5-4-11(18)7-12(13)15-14(16)19/h1-7,17-18H,8H2,(H,15,19). The predicted molar refractivity (Wildman–Crippen MR) is 71.4 cm³/mol. The van der Waals surface area contributed by atoms with E-state index in [-0.39, 0.29) is 17.2 Å². The highest BCUT2D eigenvalue weighted by atomic mass is 16.3. The molecule has 0 radical (unpaired) electrons. The van der Waals surface area contributed by atoms with Gasteiger partial charge in [-0.05, 0) is 29.8 Å². The topological polar surface area (TPSA) is 78.2 Å². The molecule has 0 aliphatic carbocycles. The number of phenolic OH excluding ortho intramolecular Hbond substituents is 2. The van der Waals surface area contributed by atoms with Crippen molar-refractivity contribution in [3.8, 4) is 11.5 Å². The molecule has 0 bridgehead atoms. The number of benzene rings is 2. The summed E-state index contributed by atoms with van der Waals surface area (Å²) < 4.78 is 1.56. The lowest BCUT2D eigenvalue weighted by molar-refractivity contribution is 0.474. The SMILES string of the molecule is O=c1[nH]c2cc(O)ccc2n1Cc1cccc(O)c1. The zero-order valence-electron chi connectivity index (χ0n) is 10.00. The molecule has 0 unspecified atom stereocenters. The number of nitrogens with one attached hydrogen (secondary N) is 1. The van der Waals surface area contributed by atoms with Crippen molar-refractivity contribution >= 4 is 11.0 Å². The second-order valence-electron chi connectivity index (χ2n) is 4.39. The van der Waals surface area contributed by atoms with Gasteiger partial charge in [0.1, 0.15) is 11.5 Å². The third-order valence-corrected chi connectivity index (χ3v) is 3.01. The maximum atomic E-state index is 11.9. The van der Waals surface area contributed by atoms with Gasteiger partial charge in [0.25, 0.3) is 0 Å². The van der Waals surface area contributed by atoms with Crippen molar-refractivity contribution in [1.82, 2.24) is 9.55 Å². The molecular formula is C14H12N2O3. The predicted octanol–water partition coefficient (Wildman–Crippen LogP) is 1.79. The molecule has 0 atom stereocenters. The number of aromatic amines is 1. The highest BCUT2D eigenvalue weighted by molar-refractivity contribution is 5.76. The smallest absolute Gasteiger partial charge is 0.326 e. The molecule has 3 aromatic rings. The summed E-state index contributed by atoms with van der Waals surface area (Å²) >= 11 is 0. The minimum Gasteiger partial charge on any atom is -0.508 e. The Balaban J connectivity index is 2.10. The van der Waals surface area contributed by atoms with Crippen molar-refractivity contribution in [2.45, 2.75) is 6.54 Å². The lowest BCUT2D eigenvalue weighted by Crippen LogP contribution is -2.17. The van der Waals surface area contributed by atoms with Crippen LogP contribution in [0.4, 0.5) is 0 Å². The van der Waals surface area contributed by atoms with Crippen molar-refractivity contribution in [3.63, 3.8) is 0 Å². The number of hydrogen-bond acceptors (Lipinski definition) is 3. The average Bonchev–Trinajstić information content (AvgIpc) is 2.65. The molecule has 1 heterocycles. The van der Waals surface area contributed by atoms with E-state index < -0.39 is 0 Å². The molecular weight excluding hydrogens is 244 g/mol. The number of rotatable bonds is 2. The molecule has 2 aromatic carbocycles. The molecule has 0 saturated carbocycles. The minimum absolute atomic E-state index is 0.109. The molecule has 19 heavy (non-hydrogen) atoms. The van der Waals surface area contributed by atoms with Gasteiger partial charge in [0.05, 0.1) is 17.6 Å². The van der Waals surface area contributed by atoms with Gasteiger partial charge in [0, 0.05) is 6.07 Å². The summed E-state index contributed by atoms with van der Waals surface area (Å²) in [6.45, 7) is 0.359. The van der Waals surface area contributed by atoms with Crippen molar-refractivity contribution in [2.24, 2.45) is 0 Å². The van der Waals surface area contributed by atoms with Crippen molar-refractivity contribution in [2.75, 3.05) is 0 Å². The van der Waals surface area contributed by atoms with E-state index in [2.05, 4.69) is 4.98 Å². The fraction of sp³-hybridized carbons (Fsp3) is 0.0714. The van der Waals surface area contributed by atoms with Crippen molar-refractivity contribution in [1.29, 1.82) is 0 Å². The van der Waals surface area contributed by atoms with Crippen LogP contribution < -0.4 is 5.69 Å². The summed E-state index contributed by atoms with van der Waals surface area (Å²) in [6.07, 6.45) is 0. The number of hydrogen-bond donors (Lipinski definition) is 3. The second-order valence-corrected chi connectivity index (χ2v) is 4.39. The molecule has 0 aliphatic rings. The Hall–Kier alpha value is -2.69.